The Balaban J connectivity index is 1.45. The van der Waals surface area contributed by atoms with Crippen molar-refractivity contribution in [2.45, 2.75) is 6.18 Å². The number of pyridine rings is 1. The van der Waals surface area contributed by atoms with Gasteiger partial charge in [-0.3, -0.25) is 4.79 Å². The van der Waals surface area contributed by atoms with Crippen molar-refractivity contribution in [3.8, 4) is 5.75 Å². The van der Waals surface area contributed by atoms with Crippen LogP contribution in [-0.2, 0) is 6.18 Å². The van der Waals surface area contributed by atoms with Crippen molar-refractivity contribution in [1.29, 1.82) is 0 Å². The van der Waals surface area contributed by atoms with E-state index in [9.17, 15) is 18.0 Å². The number of piperazine rings is 1. The molecule has 1 saturated heterocycles. The molecule has 2 heterocycles. The molecule has 0 spiro atoms. The summed E-state index contributed by atoms with van der Waals surface area (Å²) in [6.07, 6.45) is -2.96. The van der Waals surface area contributed by atoms with Crippen LogP contribution < -0.4 is 15.0 Å². The fourth-order valence-corrected chi connectivity index (χ4v) is 3.72. The molecule has 172 valence electrons. The van der Waals surface area contributed by atoms with Crippen molar-refractivity contribution < 1.29 is 22.7 Å². The van der Waals surface area contributed by atoms with Crippen LogP contribution in [0, 0.1) is 0 Å². The number of benzene rings is 2. The number of alkyl halides is 3. The second-order valence-electron chi connectivity index (χ2n) is 7.58. The molecule has 0 saturated carbocycles. The number of hydrogen-bond acceptors (Lipinski definition) is 5. The summed E-state index contributed by atoms with van der Waals surface area (Å²) in [4.78, 5) is 21.3. The molecule has 1 fully saturated rings. The van der Waals surface area contributed by atoms with Crippen molar-refractivity contribution in [1.82, 2.24) is 9.88 Å². The zero-order valence-electron chi connectivity index (χ0n) is 18.0. The molecular formula is C24H23F3N4O2. The zero-order chi connectivity index (χ0) is 23.4. The van der Waals surface area contributed by atoms with E-state index in [0.717, 1.165) is 23.6 Å². The number of rotatable bonds is 5. The first-order chi connectivity index (χ1) is 15.8. The fraction of sp³-hybridized carbons (Fsp3) is 0.250. The fourth-order valence-electron chi connectivity index (χ4n) is 3.72. The first-order valence-corrected chi connectivity index (χ1v) is 10.4. The van der Waals surface area contributed by atoms with Gasteiger partial charge in [-0.15, -0.1) is 0 Å². The summed E-state index contributed by atoms with van der Waals surface area (Å²) in [5, 5.41) is 2.87. The molecule has 1 N–H and O–H groups in total. The van der Waals surface area contributed by atoms with E-state index in [1.807, 2.05) is 24.3 Å². The van der Waals surface area contributed by atoms with E-state index in [4.69, 9.17) is 4.74 Å². The standard InChI is InChI=1S/C24H23F3N4O2/c1-33-20-9-7-19(8-10-20)30-12-14-31(15-13-30)23(32)21-6-3-11-28-22(21)29-18-5-2-4-17(16-18)24(25,26)27/h2-11,16H,12-15H2,1H3,(H,28,29). The third-order valence-electron chi connectivity index (χ3n) is 5.50. The molecule has 0 bridgehead atoms. The maximum atomic E-state index is 13.2. The number of halogens is 3. The third kappa shape index (κ3) is 5.19. The minimum absolute atomic E-state index is 0.210. The Labute approximate surface area is 189 Å². The summed E-state index contributed by atoms with van der Waals surface area (Å²) in [6, 6.07) is 15.8. The van der Waals surface area contributed by atoms with E-state index >= 15 is 0 Å². The molecule has 6 nitrogen and oxygen atoms in total. The Bertz CT molecular complexity index is 1110. The molecule has 1 amide bonds. The number of anilines is 3. The predicted molar refractivity (Wildman–Crippen MR) is 120 cm³/mol. The predicted octanol–water partition coefficient (Wildman–Crippen LogP) is 4.82. The Morgan fingerprint density at radius 1 is 1.00 bits per heavy atom. The van der Waals surface area contributed by atoms with Crippen LogP contribution in [-0.4, -0.2) is 49.1 Å². The highest BCUT2D eigenvalue weighted by molar-refractivity contribution is 5.99. The molecule has 0 aliphatic carbocycles. The van der Waals surface area contributed by atoms with Gasteiger partial charge in [0.2, 0.25) is 0 Å². The van der Waals surface area contributed by atoms with Gasteiger partial charge < -0.3 is 19.9 Å². The molecule has 4 rings (SSSR count). The molecule has 9 heteroatoms. The Morgan fingerprint density at radius 3 is 2.39 bits per heavy atom. The molecule has 3 aromatic rings. The highest BCUT2D eigenvalue weighted by atomic mass is 19.4. The normalized spacial score (nSPS) is 14.2. The van der Waals surface area contributed by atoms with Gasteiger partial charge in [-0.2, -0.15) is 13.2 Å². The maximum absolute atomic E-state index is 13.2. The first kappa shape index (κ1) is 22.4. The molecule has 2 aromatic carbocycles. The van der Waals surface area contributed by atoms with Crippen LogP contribution in [0.4, 0.5) is 30.4 Å². The largest absolute Gasteiger partial charge is 0.497 e. The topological polar surface area (TPSA) is 57.7 Å². The summed E-state index contributed by atoms with van der Waals surface area (Å²) in [6.45, 7) is 2.36. The van der Waals surface area contributed by atoms with E-state index < -0.39 is 11.7 Å². The van der Waals surface area contributed by atoms with Crippen LogP contribution in [0.25, 0.3) is 0 Å². The quantitative estimate of drug-likeness (QED) is 0.597. The van der Waals surface area contributed by atoms with Crippen LogP contribution in [0.15, 0.2) is 66.9 Å². The number of nitrogens with one attached hydrogen (secondary N) is 1. The van der Waals surface area contributed by atoms with Crippen molar-refractivity contribution >= 4 is 23.1 Å². The summed E-state index contributed by atoms with van der Waals surface area (Å²) in [5.74, 6) is 0.788. The average Bonchev–Trinajstić information content (AvgIpc) is 2.84. The number of aromatic nitrogens is 1. The Hall–Kier alpha value is -3.75. The number of nitrogens with zero attached hydrogens (tertiary/aromatic N) is 3. The Morgan fingerprint density at radius 2 is 1.73 bits per heavy atom. The molecule has 0 unspecified atom stereocenters. The van der Waals surface area contributed by atoms with Gasteiger partial charge >= 0.3 is 6.18 Å². The lowest BCUT2D eigenvalue weighted by atomic mass is 10.1. The molecule has 1 aliphatic rings. The second-order valence-corrected chi connectivity index (χ2v) is 7.58. The van der Waals surface area contributed by atoms with E-state index in [2.05, 4.69) is 15.2 Å². The molecule has 0 radical (unpaired) electrons. The van der Waals surface area contributed by atoms with Crippen molar-refractivity contribution in [2.24, 2.45) is 0 Å². The SMILES string of the molecule is COc1ccc(N2CCN(C(=O)c3cccnc3Nc3cccc(C(F)(F)F)c3)CC2)cc1. The molecular weight excluding hydrogens is 433 g/mol. The molecule has 33 heavy (non-hydrogen) atoms. The number of amides is 1. The van der Waals surface area contributed by atoms with Crippen LogP contribution in [0.1, 0.15) is 15.9 Å². The lowest BCUT2D eigenvalue weighted by Gasteiger charge is -2.36. The summed E-state index contributed by atoms with van der Waals surface area (Å²) >= 11 is 0. The second kappa shape index (κ2) is 9.40. The van der Waals surface area contributed by atoms with Gasteiger partial charge in [-0.25, -0.2) is 4.98 Å². The first-order valence-electron chi connectivity index (χ1n) is 10.4. The molecule has 1 aromatic heterocycles. The highest BCUT2D eigenvalue weighted by Crippen LogP contribution is 2.31. The summed E-state index contributed by atoms with van der Waals surface area (Å²) in [5.41, 5.74) is 0.803. The van der Waals surface area contributed by atoms with Gasteiger partial charge in [0.05, 0.1) is 18.2 Å². The number of methoxy groups -OCH3 is 1. The van der Waals surface area contributed by atoms with E-state index in [1.54, 1.807) is 24.1 Å². The average molecular weight is 456 g/mol. The van der Waals surface area contributed by atoms with E-state index in [1.165, 1.54) is 18.3 Å². The monoisotopic (exact) mass is 456 g/mol. The number of carbonyl (C=O) groups excluding carboxylic acids is 1. The van der Waals surface area contributed by atoms with Gasteiger partial charge in [-0.05, 0) is 54.6 Å². The van der Waals surface area contributed by atoms with Crippen LogP contribution in [0.2, 0.25) is 0 Å². The van der Waals surface area contributed by atoms with Gasteiger partial charge in [0.1, 0.15) is 11.6 Å². The molecule has 0 atom stereocenters. The van der Waals surface area contributed by atoms with E-state index in [-0.39, 0.29) is 17.4 Å². The third-order valence-corrected chi connectivity index (χ3v) is 5.50. The maximum Gasteiger partial charge on any atom is 0.416 e. The van der Waals surface area contributed by atoms with Gasteiger partial charge in [0.15, 0.2) is 0 Å². The Kier molecular flexibility index (Phi) is 6.39. The van der Waals surface area contributed by atoms with Crippen LogP contribution in [0.5, 0.6) is 5.75 Å². The minimum atomic E-state index is -4.45. The lowest BCUT2D eigenvalue weighted by Crippen LogP contribution is -2.48. The smallest absolute Gasteiger partial charge is 0.416 e. The van der Waals surface area contributed by atoms with Crippen molar-refractivity contribution in [2.75, 3.05) is 43.5 Å². The summed E-state index contributed by atoms with van der Waals surface area (Å²) < 4.78 is 44.3. The van der Waals surface area contributed by atoms with Gasteiger partial charge in [-0.1, -0.05) is 6.07 Å². The van der Waals surface area contributed by atoms with Crippen LogP contribution >= 0.6 is 0 Å². The van der Waals surface area contributed by atoms with Crippen molar-refractivity contribution in [3.63, 3.8) is 0 Å². The van der Waals surface area contributed by atoms with Gasteiger partial charge in [0, 0.05) is 43.8 Å². The molecule has 1 aliphatic heterocycles. The van der Waals surface area contributed by atoms with Gasteiger partial charge in [0.25, 0.3) is 5.91 Å². The summed E-state index contributed by atoms with van der Waals surface area (Å²) in [7, 11) is 1.62. The van der Waals surface area contributed by atoms with Crippen molar-refractivity contribution in [3.05, 3.63) is 78.0 Å². The zero-order valence-corrected chi connectivity index (χ0v) is 18.0. The minimum Gasteiger partial charge on any atom is -0.497 e. The number of ether oxygens (including phenoxy) is 1. The van der Waals surface area contributed by atoms with Crippen LogP contribution in [0.3, 0.4) is 0 Å². The number of carbonyl (C=O) groups is 1. The van der Waals surface area contributed by atoms with E-state index in [0.29, 0.717) is 31.7 Å². The lowest BCUT2D eigenvalue weighted by molar-refractivity contribution is -0.137. The highest BCUT2D eigenvalue weighted by Gasteiger charge is 2.30. The number of hydrogen-bond donors (Lipinski definition) is 1.